The molecule has 0 bridgehead atoms. The van der Waals surface area contributed by atoms with Crippen LogP contribution in [0.1, 0.15) is 12.0 Å². The molecule has 0 aliphatic rings. The molecule has 0 N–H and O–H groups in total. The lowest BCUT2D eigenvalue weighted by atomic mass is 10.1. The average molecular weight is 273 g/mol. The predicted molar refractivity (Wildman–Crippen MR) is 61.8 cm³/mol. The summed E-state index contributed by atoms with van der Waals surface area (Å²) < 4.78 is 36.2. The van der Waals surface area contributed by atoms with E-state index in [0.29, 0.717) is 5.69 Å². The van der Waals surface area contributed by atoms with E-state index in [4.69, 9.17) is 5.26 Å². The van der Waals surface area contributed by atoms with Crippen molar-refractivity contribution in [1.82, 2.24) is 0 Å². The van der Waals surface area contributed by atoms with E-state index in [0.717, 1.165) is 6.07 Å². The fourth-order valence-electron chi connectivity index (χ4n) is 1.43. The second-order valence-electron chi connectivity index (χ2n) is 3.86. The smallest absolute Gasteiger partial charge is 0.374 e. The lowest BCUT2D eigenvalue weighted by Gasteiger charge is -2.20. The monoisotopic (exact) mass is 273 g/mol. The van der Waals surface area contributed by atoms with Gasteiger partial charge in [-0.05, 0) is 12.1 Å². The van der Waals surface area contributed by atoms with E-state index >= 15 is 0 Å². The number of nitro benzene ring substituents is 1. The Morgan fingerprint density at radius 1 is 1.47 bits per heavy atom. The van der Waals surface area contributed by atoms with Crippen molar-refractivity contribution < 1.29 is 18.1 Å². The lowest BCUT2D eigenvalue weighted by Crippen LogP contribution is -2.24. The highest BCUT2D eigenvalue weighted by atomic mass is 19.4. The molecular formula is C11H10F3N3O2. The second-order valence-corrected chi connectivity index (χ2v) is 3.86. The minimum Gasteiger partial charge on any atom is -0.374 e. The fourth-order valence-corrected chi connectivity index (χ4v) is 1.43. The van der Waals surface area contributed by atoms with Gasteiger partial charge in [-0.3, -0.25) is 10.1 Å². The maximum absolute atomic E-state index is 12.1. The van der Waals surface area contributed by atoms with Crippen molar-refractivity contribution in [3.63, 3.8) is 0 Å². The van der Waals surface area contributed by atoms with Gasteiger partial charge in [0.1, 0.15) is 11.6 Å². The van der Waals surface area contributed by atoms with Gasteiger partial charge in [-0.2, -0.15) is 18.4 Å². The van der Waals surface area contributed by atoms with E-state index in [1.165, 1.54) is 24.1 Å². The minimum atomic E-state index is -4.27. The molecule has 0 aromatic heterocycles. The molecule has 0 saturated carbocycles. The molecule has 0 atom stereocenters. The highest BCUT2D eigenvalue weighted by Crippen LogP contribution is 2.25. The zero-order valence-electron chi connectivity index (χ0n) is 9.94. The Balaban J connectivity index is 2.91. The molecule has 5 nitrogen and oxygen atoms in total. The molecule has 0 amide bonds. The molecule has 102 valence electrons. The minimum absolute atomic E-state index is 0.179. The van der Waals surface area contributed by atoms with Crippen LogP contribution in [0.15, 0.2) is 18.2 Å². The van der Waals surface area contributed by atoms with Gasteiger partial charge < -0.3 is 4.90 Å². The standard InChI is InChI=1S/C11H10F3N3O2/c1-16(5-4-11(12,13)14)9-2-3-10(17(18)19)8(6-9)7-15/h2-3,6H,4-5H2,1H3. The highest BCUT2D eigenvalue weighted by Gasteiger charge is 2.27. The third-order valence-corrected chi connectivity index (χ3v) is 2.47. The normalized spacial score (nSPS) is 10.9. The molecule has 0 radical (unpaired) electrons. The van der Waals surface area contributed by atoms with E-state index in [1.807, 2.05) is 0 Å². The number of halogens is 3. The van der Waals surface area contributed by atoms with Crippen LogP contribution in [0.25, 0.3) is 0 Å². The van der Waals surface area contributed by atoms with Gasteiger partial charge >= 0.3 is 6.18 Å². The number of alkyl halides is 3. The Kier molecular flexibility index (Phi) is 4.32. The average Bonchev–Trinajstić information content (AvgIpc) is 2.34. The molecule has 19 heavy (non-hydrogen) atoms. The van der Waals surface area contributed by atoms with E-state index in [2.05, 4.69) is 0 Å². The van der Waals surface area contributed by atoms with Crippen molar-refractivity contribution >= 4 is 11.4 Å². The maximum Gasteiger partial charge on any atom is 0.390 e. The van der Waals surface area contributed by atoms with Gasteiger partial charge in [0.05, 0.1) is 11.3 Å². The third-order valence-electron chi connectivity index (χ3n) is 2.47. The first-order valence-electron chi connectivity index (χ1n) is 5.21. The Labute approximate surface area is 107 Å². The molecule has 1 rings (SSSR count). The summed E-state index contributed by atoms with van der Waals surface area (Å²) in [5, 5.41) is 19.4. The first-order chi connectivity index (χ1) is 8.74. The van der Waals surface area contributed by atoms with Gasteiger partial charge in [0.15, 0.2) is 0 Å². The van der Waals surface area contributed by atoms with E-state index in [1.54, 1.807) is 6.07 Å². The van der Waals surface area contributed by atoms with Crippen molar-refractivity contribution in [2.45, 2.75) is 12.6 Å². The van der Waals surface area contributed by atoms with Crippen LogP contribution in [0.2, 0.25) is 0 Å². The number of hydrogen-bond acceptors (Lipinski definition) is 4. The lowest BCUT2D eigenvalue weighted by molar-refractivity contribution is -0.385. The number of nitrogens with zero attached hydrogens (tertiary/aromatic N) is 3. The fraction of sp³-hybridized carbons (Fsp3) is 0.364. The summed E-state index contributed by atoms with van der Waals surface area (Å²) in [6, 6.07) is 5.28. The number of hydrogen-bond donors (Lipinski definition) is 0. The Morgan fingerprint density at radius 3 is 2.58 bits per heavy atom. The van der Waals surface area contributed by atoms with Crippen LogP contribution in [0, 0.1) is 21.4 Å². The topological polar surface area (TPSA) is 70.2 Å². The first-order valence-corrected chi connectivity index (χ1v) is 5.21. The number of nitro groups is 1. The Morgan fingerprint density at radius 2 is 2.11 bits per heavy atom. The summed E-state index contributed by atoms with van der Waals surface area (Å²) in [7, 11) is 1.42. The Hall–Kier alpha value is -2.30. The van der Waals surface area contributed by atoms with Crippen molar-refractivity contribution in [3.8, 4) is 6.07 Å². The van der Waals surface area contributed by atoms with Gasteiger partial charge in [-0.25, -0.2) is 0 Å². The van der Waals surface area contributed by atoms with Crippen LogP contribution in [0.3, 0.4) is 0 Å². The molecule has 1 aromatic rings. The number of nitriles is 1. The predicted octanol–water partition coefficient (Wildman–Crippen LogP) is 2.86. The zero-order chi connectivity index (χ0) is 14.6. The summed E-state index contributed by atoms with van der Waals surface area (Å²) >= 11 is 0. The highest BCUT2D eigenvalue weighted by molar-refractivity contribution is 5.59. The first kappa shape index (κ1) is 14.8. The molecule has 0 aliphatic carbocycles. The van der Waals surface area contributed by atoms with Crippen LogP contribution < -0.4 is 4.90 Å². The van der Waals surface area contributed by atoms with Crippen LogP contribution in [-0.2, 0) is 0 Å². The molecule has 0 heterocycles. The largest absolute Gasteiger partial charge is 0.390 e. The molecule has 0 unspecified atom stereocenters. The van der Waals surface area contributed by atoms with Crippen LogP contribution in [-0.4, -0.2) is 24.7 Å². The summed E-state index contributed by atoms with van der Waals surface area (Å²) in [6.45, 7) is -0.286. The summed E-state index contributed by atoms with van der Waals surface area (Å²) in [6.07, 6.45) is -5.27. The summed E-state index contributed by atoms with van der Waals surface area (Å²) in [5.41, 5.74) is -0.219. The zero-order valence-corrected chi connectivity index (χ0v) is 9.94. The van der Waals surface area contributed by atoms with Gasteiger partial charge in [0.25, 0.3) is 5.69 Å². The van der Waals surface area contributed by atoms with Crippen LogP contribution >= 0.6 is 0 Å². The van der Waals surface area contributed by atoms with Crippen LogP contribution in [0.4, 0.5) is 24.5 Å². The van der Waals surface area contributed by atoms with E-state index in [9.17, 15) is 23.3 Å². The van der Waals surface area contributed by atoms with Gasteiger partial charge in [-0.1, -0.05) is 0 Å². The van der Waals surface area contributed by atoms with E-state index in [-0.39, 0.29) is 17.8 Å². The third kappa shape index (κ3) is 4.13. The molecule has 8 heteroatoms. The molecule has 0 saturated heterocycles. The SMILES string of the molecule is CN(CCC(F)(F)F)c1ccc([N+](=O)[O-])c(C#N)c1. The molecule has 1 aromatic carbocycles. The van der Waals surface area contributed by atoms with Gasteiger partial charge in [0, 0.05) is 25.3 Å². The van der Waals surface area contributed by atoms with Crippen LogP contribution in [0.5, 0.6) is 0 Å². The van der Waals surface area contributed by atoms with Crippen molar-refractivity contribution in [2.24, 2.45) is 0 Å². The van der Waals surface area contributed by atoms with Gasteiger partial charge in [-0.15, -0.1) is 0 Å². The summed E-state index contributed by atoms with van der Waals surface area (Å²) in [5.74, 6) is 0. The number of rotatable bonds is 4. The Bertz CT molecular complexity index is 523. The second kappa shape index (κ2) is 5.56. The van der Waals surface area contributed by atoms with Crippen molar-refractivity contribution in [2.75, 3.05) is 18.5 Å². The molecule has 0 fully saturated rings. The van der Waals surface area contributed by atoms with Gasteiger partial charge in [0.2, 0.25) is 0 Å². The molecule has 0 spiro atoms. The number of benzene rings is 1. The maximum atomic E-state index is 12.1. The molecular weight excluding hydrogens is 263 g/mol. The summed E-state index contributed by atoms with van der Waals surface area (Å²) in [4.78, 5) is 11.2. The number of anilines is 1. The van der Waals surface area contributed by atoms with Crippen molar-refractivity contribution in [1.29, 1.82) is 5.26 Å². The molecule has 0 aliphatic heterocycles. The quantitative estimate of drug-likeness (QED) is 0.624. The van der Waals surface area contributed by atoms with Crippen molar-refractivity contribution in [3.05, 3.63) is 33.9 Å². The van der Waals surface area contributed by atoms with E-state index < -0.39 is 17.5 Å².